The molecule has 1 saturated heterocycles. The standard InChI is InChI=1S/C21H23FN2O4/c1-14(25)15-4-7-19(18(22)12-15)23-8-10-24(11-9-23)21(26)17-6-5-16(27-2)13-20(17)28-3/h4-7,12-13H,8-11H2,1-3H3. The Kier molecular flexibility index (Phi) is 5.82. The molecule has 148 valence electrons. The molecule has 7 heteroatoms. The van der Waals surface area contributed by atoms with E-state index < -0.39 is 5.82 Å². The minimum Gasteiger partial charge on any atom is -0.497 e. The van der Waals surface area contributed by atoms with Gasteiger partial charge in [0.15, 0.2) is 5.78 Å². The number of piperazine rings is 1. The molecule has 0 aromatic heterocycles. The molecule has 1 fully saturated rings. The second-order valence-electron chi connectivity index (χ2n) is 6.57. The molecular formula is C21H23FN2O4. The normalized spacial score (nSPS) is 14.0. The van der Waals surface area contributed by atoms with Crippen molar-refractivity contribution in [3.05, 3.63) is 53.3 Å². The summed E-state index contributed by atoms with van der Waals surface area (Å²) in [6.07, 6.45) is 0. The number of ketones is 1. The first kappa shape index (κ1) is 19.7. The van der Waals surface area contributed by atoms with Crippen LogP contribution in [0.4, 0.5) is 10.1 Å². The number of benzene rings is 2. The Morgan fingerprint density at radius 3 is 2.25 bits per heavy atom. The van der Waals surface area contributed by atoms with Crippen LogP contribution in [0.2, 0.25) is 0 Å². The van der Waals surface area contributed by atoms with Crippen molar-refractivity contribution in [1.82, 2.24) is 4.90 Å². The van der Waals surface area contributed by atoms with Crippen molar-refractivity contribution in [2.45, 2.75) is 6.92 Å². The quantitative estimate of drug-likeness (QED) is 0.740. The lowest BCUT2D eigenvalue weighted by atomic mass is 10.1. The molecule has 0 radical (unpaired) electrons. The van der Waals surface area contributed by atoms with Crippen molar-refractivity contribution in [2.75, 3.05) is 45.3 Å². The zero-order chi connectivity index (χ0) is 20.3. The third-order valence-electron chi connectivity index (χ3n) is 4.90. The van der Waals surface area contributed by atoms with Gasteiger partial charge in [0.25, 0.3) is 5.91 Å². The molecular weight excluding hydrogens is 363 g/mol. The van der Waals surface area contributed by atoms with E-state index >= 15 is 0 Å². The van der Waals surface area contributed by atoms with Crippen LogP contribution < -0.4 is 14.4 Å². The molecule has 0 aliphatic carbocycles. The Morgan fingerprint density at radius 2 is 1.68 bits per heavy atom. The first-order valence-corrected chi connectivity index (χ1v) is 9.01. The van der Waals surface area contributed by atoms with Gasteiger partial charge in [-0.2, -0.15) is 0 Å². The van der Waals surface area contributed by atoms with Crippen molar-refractivity contribution >= 4 is 17.4 Å². The summed E-state index contributed by atoms with van der Waals surface area (Å²) in [5, 5.41) is 0. The number of carbonyl (C=O) groups excluding carboxylic acids is 2. The summed E-state index contributed by atoms with van der Waals surface area (Å²) in [6, 6.07) is 9.59. The molecule has 1 amide bonds. The number of rotatable bonds is 5. The van der Waals surface area contributed by atoms with E-state index in [-0.39, 0.29) is 11.7 Å². The molecule has 2 aromatic carbocycles. The molecule has 0 unspecified atom stereocenters. The predicted molar refractivity (Wildman–Crippen MR) is 104 cm³/mol. The highest BCUT2D eigenvalue weighted by atomic mass is 19.1. The van der Waals surface area contributed by atoms with E-state index in [0.29, 0.717) is 54.5 Å². The third kappa shape index (κ3) is 3.93. The number of ether oxygens (including phenoxy) is 2. The molecule has 1 heterocycles. The SMILES string of the molecule is COc1ccc(C(=O)N2CCN(c3ccc(C(C)=O)cc3F)CC2)c(OC)c1. The summed E-state index contributed by atoms with van der Waals surface area (Å²) in [6.45, 7) is 3.33. The van der Waals surface area contributed by atoms with Crippen LogP contribution in [0.25, 0.3) is 0 Å². The van der Waals surface area contributed by atoms with Crippen molar-refractivity contribution in [3.63, 3.8) is 0 Å². The number of halogens is 1. The fourth-order valence-electron chi connectivity index (χ4n) is 3.28. The van der Waals surface area contributed by atoms with Crippen LogP contribution in [0, 0.1) is 5.82 Å². The highest BCUT2D eigenvalue weighted by Crippen LogP contribution is 2.27. The lowest BCUT2D eigenvalue weighted by Gasteiger charge is -2.36. The minimum absolute atomic E-state index is 0.133. The van der Waals surface area contributed by atoms with E-state index in [0.717, 1.165) is 0 Å². The maximum Gasteiger partial charge on any atom is 0.257 e. The fraction of sp³-hybridized carbons (Fsp3) is 0.333. The lowest BCUT2D eigenvalue weighted by Crippen LogP contribution is -2.49. The second-order valence-corrected chi connectivity index (χ2v) is 6.57. The number of hydrogen-bond donors (Lipinski definition) is 0. The fourth-order valence-corrected chi connectivity index (χ4v) is 3.28. The van der Waals surface area contributed by atoms with Gasteiger partial charge in [-0.25, -0.2) is 4.39 Å². The minimum atomic E-state index is -0.427. The number of anilines is 1. The molecule has 0 atom stereocenters. The topological polar surface area (TPSA) is 59.1 Å². The van der Waals surface area contributed by atoms with E-state index in [4.69, 9.17) is 9.47 Å². The summed E-state index contributed by atoms with van der Waals surface area (Å²) in [7, 11) is 3.06. The van der Waals surface area contributed by atoms with Gasteiger partial charge in [0.1, 0.15) is 17.3 Å². The number of amides is 1. The van der Waals surface area contributed by atoms with Gasteiger partial charge in [-0.05, 0) is 37.3 Å². The number of Topliss-reactive ketones (excluding diaryl/α,β-unsaturated/α-hetero) is 1. The largest absolute Gasteiger partial charge is 0.497 e. The van der Waals surface area contributed by atoms with Gasteiger partial charge < -0.3 is 19.3 Å². The third-order valence-corrected chi connectivity index (χ3v) is 4.90. The highest BCUT2D eigenvalue weighted by Gasteiger charge is 2.26. The van der Waals surface area contributed by atoms with Gasteiger partial charge in [-0.15, -0.1) is 0 Å². The number of nitrogens with zero attached hydrogens (tertiary/aromatic N) is 2. The Bertz CT molecular complexity index is 892. The monoisotopic (exact) mass is 386 g/mol. The van der Waals surface area contributed by atoms with Crippen LogP contribution in [0.3, 0.4) is 0 Å². The number of carbonyl (C=O) groups is 2. The molecule has 2 aromatic rings. The molecule has 0 bridgehead atoms. The summed E-state index contributed by atoms with van der Waals surface area (Å²) in [4.78, 5) is 27.9. The second kappa shape index (κ2) is 8.29. The van der Waals surface area contributed by atoms with Gasteiger partial charge in [0.2, 0.25) is 0 Å². The van der Waals surface area contributed by atoms with E-state index in [2.05, 4.69) is 0 Å². The zero-order valence-electron chi connectivity index (χ0n) is 16.2. The molecule has 28 heavy (non-hydrogen) atoms. The smallest absolute Gasteiger partial charge is 0.257 e. The van der Waals surface area contributed by atoms with Crippen LogP contribution in [-0.4, -0.2) is 57.0 Å². The zero-order valence-corrected chi connectivity index (χ0v) is 16.2. The van der Waals surface area contributed by atoms with Gasteiger partial charge >= 0.3 is 0 Å². The number of hydrogen-bond acceptors (Lipinski definition) is 5. The first-order valence-electron chi connectivity index (χ1n) is 9.01. The van der Waals surface area contributed by atoms with Crippen molar-refractivity contribution < 1.29 is 23.5 Å². The lowest BCUT2D eigenvalue weighted by molar-refractivity contribution is 0.0743. The molecule has 6 nitrogen and oxygen atoms in total. The average Bonchev–Trinajstić information content (AvgIpc) is 2.72. The summed E-state index contributed by atoms with van der Waals surface area (Å²) < 4.78 is 24.9. The van der Waals surface area contributed by atoms with Crippen molar-refractivity contribution in [1.29, 1.82) is 0 Å². The first-order chi connectivity index (χ1) is 13.4. The molecule has 0 saturated carbocycles. The van der Waals surface area contributed by atoms with Crippen LogP contribution in [0.1, 0.15) is 27.6 Å². The Labute approximate surface area is 163 Å². The van der Waals surface area contributed by atoms with E-state index in [9.17, 15) is 14.0 Å². The van der Waals surface area contributed by atoms with E-state index in [1.165, 1.54) is 20.1 Å². The number of methoxy groups -OCH3 is 2. The highest BCUT2D eigenvalue weighted by molar-refractivity contribution is 5.97. The van der Waals surface area contributed by atoms with Crippen LogP contribution in [-0.2, 0) is 0 Å². The maximum absolute atomic E-state index is 14.4. The molecule has 1 aliphatic heterocycles. The van der Waals surface area contributed by atoms with Gasteiger partial charge in [-0.1, -0.05) is 0 Å². The van der Waals surface area contributed by atoms with Crippen LogP contribution >= 0.6 is 0 Å². The molecule has 3 rings (SSSR count). The average molecular weight is 386 g/mol. The Morgan fingerprint density at radius 1 is 0.964 bits per heavy atom. The Balaban J connectivity index is 1.70. The van der Waals surface area contributed by atoms with Crippen LogP contribution in [0.5, 0.6) is 11.5 Å². The maximum atomic E-state index is 14.4. The Hall–Kier alpha value is -3.09. The predicted octanol–water partition coefficient (Wildman–Crippen LogP) is 3.01. The van der Waals surface area contributed by atoms with Gasteiger partial charge in [0, 0.05) is 37.8 Å². The summed E-state index contributed by atoms with van der Waals surface area (Å²) in [5.74, 6) is 0.338. The van der Waals surface area contributed by atoms with Crippen molar-refractivity contribution in [2.24, 2.45) is 0 Å². The van der Waals surface area contributed by atoms with E-state index in [1.54, 1.807) is 42.3 Å². The van der Waals surface area contributed by atoms with E-state index in [1.807, 2.05) is 4.90 Å². The molecule has 0 spiro atoms. The molecule has 0 N–H and O–H groups in total. The summed E-state index contributed by atoms with van der Waals surface area (Å²) in [5.41, 5.74) is 1.26. The summed E-state index contributed by atoms with van der Waals surface area (Å²) >= 11 is 0. The van der Waals surface area contributed by atoms with Gasteiger partial charge in [0.05, 0.1) is 25.5 Å². The molecule has 1 aliphatic rings. The van der Waals surface area contributed by atoms with Gasteiger partial charge in [-0.3, -0.25) is 9.59 Å². The van der Waals surface area contributed by atoms with Crippen molar-refractivity contribution in [3.8, 4) is 11.5 Å². The van der Waals surface area contributed by atoms with Crippen LogP contribution in [0.15, 0.2) is 36.4 Å².